The Morgan fingerprint density at radius 1 is 1.27 bits per heavy atom. The van der Waals surface area contributed by atoms with Gasteiger partial charge >= 0.3 is 6.09 Å². The van der Waals surface area contributed by atoms with Crippen molar-refractivity contribution in [1.82, 2.24) is 14.9 Å². The Balaban J connectivity index is 1.64. The van der Waals surface area contributed by atoms with Crippen LogP contribution in [-0.2, 0) is 20.9 Å². The summed E-state index contributed by atoms with van der Waals surface area (Å²) < 4.78 is 10.7. The van der Waals surface area contributed by atoms with Crippen LogP contribution in [0.5, 0.6) is 0 Å². The van der Waals surface area contributed by atoms with E-state index in [4.69, 9.17) is 9.47 Å². The Labute approximate surface area is 151 Å². The molecule has 0 bridgehead atoms. The van der Waals surface area contributed by atoms with Gasteiger partial charge in [0.15, 0.2) is 5.82 Å². The van der Waals surface area contributed by atoms with Crippen molar-refractivity contribution in [2.45, 2.75) is 25.2 Å². The summed E-state index contributed by atoms with van der Waals surface area (Å²) in [7, 11) is 1.56. The van der Waals surface area contributed by atoms with Crippen LogP contribution in [0.2, 0.25) is 0 Å². The van der Waals surface area contributed by atoms with Crippen molar-refractivity contribution in [2.24, 2.45) is 0 Å². The van der Waals surface area contributed by atoms with Crippen molar-refractivity contribution in [1.29, 1.82) is 0 Å². The molecule has 1 saturated heterocycles. The number of hydrogen-bond donors (Lipinski definition) is 1. The van der Waals surface area contributed by atoms with Crippen molar-refractivity contribution in [2.75, 3.05) is 19.0 Å². The van der Waals surface area contributed by atoms with Gasteiger partial charge in [-0.15, -0.1) is 0 Å². The van der Waals surface area contributed by atoms with E-state index in [2.05, 4.69) is 15.3 Å². The first-order chi connectivity index (χ1) is 12.7. The fourth-order valence-corrected chi connectivity index (χ4v) is 2.79. The topological polar surface area (TPSA) is 93.6 Å². The molecule has 0 unspecified atom stereocenters. The van der Waals surface area contributed by atoms with Gasteiger partial charge in [-0.05, 0) is 5.56 Å². The van der Waals surface area contributed by atoms with E-state index >= 15 is 0 Å². The highest BCUT2D eigenvalue weighted by molar-refractivity contribution is 5.96. The zero-order valence-corrected chi connectivity index (χ0v) is 14.4. The third-order valence-electron chi connectivity index (χ3n) is 4.15. The van der Waals surface area contributed by atoms with E-state index in [1.807, 2.05) is 30.3 Å². The number of aromatic nitrogens is 2. The van der Waals surface area contributed by atoms with Crippen molar-refractivity contribution in [3.63, 3.8) is 0 Å². The third kappa shape index (κ3) is 4.34. The number of ether oxygens (including phenoxy) is 2. The van der Waals surface area contributed by atoms with Gasteiger partial charge in [0.2, 0.25) is 5.91 Å². The van der Waals surface area contributed by atoms with Crippen LogP contribution < -0.4 is 5.32 Å². The molecule has 8 heteroatoms. The minimum Gasteiger partial charge on any atom is -0.445 e. The molecular weight excluding hydrogens is 336 g/mol. The molecule has 1 fully saturated rings. The zero-order chi connectivity index (χ0) is 18.4. The highest BCUT2D eigenvalue weighted by Gasteiger charge is 2.40. The average molecular weight is 356 g/mol. The lowest BCUT2D eigenvalue weighted by Gasteiger charge is -2.22. The van der Waals surface area contributed by atoms with Gasteiger partial charge in [0, 0.05) is 25.9 Å². The van der Waals surface area contributed by atoms with Gasteiger partial charge in [0.1, 0.15) is 12.6 Å². The normalized spacial score (nSPS) is 19.2. The van der Waals surface area contributed by atoms with E-state index in [0.717, 1.165) is 5.56 Å². The number of anilines is 1. The number of carbonyl (C=O) groups is 2. The van der Waals surface area contributed by atoms with Gasteiger partial charge in [0.25, 0.3) is 0 Å². The van der Waals surface area contributed by atoms with Crippen LogP contribution in [0.15, 0.2) is 48.9 Å². The SMILES string of the molecule is CO[C@H]1C[C@@H](C(=O)Nc2cnccn2)N(C(=O)OCc2ccccc2)C1. The number of amides is 2. The molecule has 0 spiro atoms. The molecule has 1 N–H and O–H groups in total. The van der Waals surface area contributed by atoms with E-state index in [1.54, 1.807) is 7.11 Å². The number of nitrogens with zero attached hydrogens (tertiary/aromatic N) is 3. The molecule has 1 aliphatic rings. The highest BCUT2D eigenvalue weighted by Crippen LogP contribution is 2.22. The Hall–Kier alpha value is -3.00. The van der Waals surface area contributed by atoms with Gasteiger partial charge in [-0.2, -0.15) is 0 Å². The van der Waals surface area contributed by atoms with Gasteiger partial charge < -0.3 is 14.8 Å². The fraction of sp³-hybridized carbons (Fsp3) is 0.333. The maximum Gasteiger partial charge on any atom is 0.410 e. The summed E-state index contributed by atoms with van der Waals surface area (Å²) in [5.41, 5.74) is 0.879. The molecule has 0 radical (unpaired) electrons. The summed E-state index contributed by atoms with van der Waals surface area (Å²) in [6, 6.07) is 8.68. The second kappa shape index (κ2) is 8.39. The van der Waals surface area contributed by atoms with Crippen LogP contribution in [0.4, 0.5) is 10.6 Å². The predicted octanol–water partition coefficient (Wildman–Crippen LogP) is 1.84. The Bertz CT molecular complexity index is 741. The van der Waals surface area contributed by atoms with Crippen LogP contribution in [0.1, 0.15) is 12.0 Å². The molecule has 2 atom stereocenters. The largest absolute Gasteiger partial charge is 0.445 e. The van der Waals surface area contributed by atoms with Gasteiger partial charge in [-0.3, -0.25) is 14.7 Å². The lowest BCUT2D eigenvalue weighted by atomic mass is 10.2. The maximum absolute atomic E-state index is 12.6. The molecule has 1 aromatic carbocycles. The predicted molar refractivity (Wildman–Crippen MR) is 93.2 cm³/mol. The van der Waals surface area contributed by atoms with E-state index in [-0.39, 0.29) is 18.6 Å². The summed E-state index contributed by atoms with van der Waals surface area (Å²) >= 11 is 0. The van der Waals surface area contributed by atoms with Crippen LogP contribution in [-0.4, -0.2) is 52.7 Å². The molecule has 8 nitrogen and oxygen atoms in total. The molecule has 26 heavy (non-hydrogen) atoms. The molecule has 2 amide bonds. The summed E-state index contributed by atoms with van der Waals surface area (Å²) in [5, 5.41) is 2.67. The van der Waals surface area contributed by atoms with Crippen molar-refractivity contribution >= 4 is 17.8 Å². The zero-order valence-electron chi connectivity index (χ0n) is 14.4. The Morgan fingerprint density at radius 3 is 2.77 bits per heavy atom. The standard InChI is InChI=1S/C18H20N4O4/c1-25-14-9-15(17(23)21-16-10-19-7-8-20-16)22(11-14)18(24)26-12-13-5-3-2-4-6-13/h2-8,10,14-15H,9,11-12H2,1H3,(H,20,21,23)/t14-,15-/m0/s1. The second-order valence-corrected chi connectivity index (χ2v) is 5.88. The number of methoxy groups -OCH3 is 1. The molecule has 3 rings (SSSR count). The van der Waals surface area contributed by atoms with Crippen molar-refractivity contribution in [3.8, 4) is 0 Å². The molecule has 0 aliphatic carbocycles. The molecule has 1 aromatic heterocycles. The van der Waals surface area contributed by atoms with E-state index in [1.165, 1.54) is 23.5 Å². The molecule has 136 valence electrons. The average Bonchev–Trinajstić information content (AvgIpc) is 3.12. The number of carbonyl (C=O) groups excluding carboxylic acids is 2. The molecule has 2 heterocycles. The number of nitrogens with one attached hydrogen (secondary N) is 1. The Morgan fingerprint density at radius 2 is 2.08 bits per heavy atom. The van der Waals surface area contributed by atoms with Crippen LogP contribution in [0, 0.1) is 0 Å². The van der Waals surface area contributed by atoms with Crippen LogP contribution >= 0.6 is 0 Å². The number of benzene rings is 1. The quantitative estimate of drug-likeness (QED) is 0.879. The highest BCUT2D eigenvalue weighted by atomic mass is 16.6. The van der Waals surface area contributed by atoms with Gasteiger partial charge in [0.05, 0.1) is 18.8 Å². The minimum absolute atomic E-state index is 0.145. The van der Waals surface area contributed by atoms with E-state index in [9.17, 15) is 9.59 Å². The summed E-state index contributed by atoms with van der Waals surface area (Å²) in [6.45, 7) is 0.439. The number of likely N-dealkylation sites (tertiary alicyclic amines) is 1. The van der Waals surface area contributed by atoms with Crippen LogP contribution in [0.25, 0.3) is 0 Å². The third-order valence-corrected chi connectivity index (χ3v) is 4.15. The first kappa shape index (κ1) is 17.8. The monoisotopic (exact) mass is 356 g/mol. The van der Waals surface area contributed by atoms with E-state index in [0.29, 0.717) is 18.8 Å². The lowest BCUT2D eigenvalue weighted by Crippen LogP contribution is -2.43. The maximum atomic E-state index is 12.6. The summed E-state index contributed by atoms with van der Waals surface area (Å²) in [4.78, 5) is 34.4. The van der Waals surface area contributed by atoms with E-state index < -0.39 is 12.1 Å². The molecular formula is C18H20N4O4. The number of rotatable bonds is 5. The summed E-state index contributed by atoms with van der Waals surface area (Å²) in [6.07, 6.45) is 4.06. The van der Waals surface area contributed by atoms with Crippen molar-refractivity contribution in [3.05, 3.63) is 54.5 Å². The first-order valence-electron chi connectivity index (χ1n) is 8.24. The lowest BCUT2D eigenvalue weighted by molar-refractivity contribution is -0.120. The van der Waals surface area contributed by atoms with Crippen LogP contribution in [0.3, 0.4) is 0 Å². The number of hydrogen-bond acceptors (Lipinski definition) is 6. The molecule has 0 saturated carbocycles. The first-order valence-corrected chi connectivity index (χ1v) is 8.24. The fourth-order valence-electron chi connectivity index (χ4n) is 2.79. The molecule has 1 aliphatic heterocycles. The van der Waals surface area contributed by atoms with Crippen molar-refractivity contribution < 1.29 is 19.1 Å². The Kier molecular flexibility index (Phi) is 5.75. The second-order valence-electron chi connectivity index (χ2n) is 5.88. The minimum atomic E-state index is -0.690. The van der Waals surface area contributed by atoms with Gasteiger partial charge in [-0.1, -0.05) is 30.3 Å². The summed E-state index contributed by atoms with van der Waals surface area (Å²) in [5.74, 6) is -0.0160. The smallest absolute Gasteiger partial charge is 0.410 e. The van der Waals surface area contributed by atoms with Gasteiger partial charge in [-0.25, -0.2) is 9.78 Å². The molecule has 2 aromatic rings.